The smallest absolute Gasteiger partial charge is 0.309 e. The first-order valence-corrected chi connectivity index (χ1v) is 20.4. The Morgan fingerprint density at radius 2 is 1.56 bits per heavy atom. The number of hydrogen-bond donors (Lipinski definition) is 3. The first kappa shape index (κ1) is 36.6. The number of esters is 1. The van der Waals surface area contributed by atoms with Crippen molar-refractivity contribution in [3.05, 3.63) is 11.1 Å². The van der Waals surface area contributed by atoms with Crippen LogP contribution in [0.3, 0.4) is 0 Å². The summed E-state index contributed by atoms with van der Waals surface area (Å²) in [7, 11) is 0. The molecule has 10 atom stereocenters. The fraction of sp³-hybridized carbons (Fsp3) is 0.884. The van der Waals surface area contributed by atoms with Crippen LogP contribution < -0.4 is 5.32 Å². The predicted octanol–water partition coefficient (Wildman–Crippen LogP) is 8.42. The largest absolute Gasteiger partial charge is 0.481 e. The second-order valence-corrected chi connectivity index (χ2v) is 20.5. The van der Waals surface area contributed by atoms with Gasteiger partial charge in [0.2, 0.25) is 0 Å². The van der Waals surface area contributed by atoms with E-state index in [0.29, 0.717) is 30.8 Å². The van der Waals surface area contributed by atoms with Crippen LogP contribution in [0.5, 0.6) is 0 Å². The molecule has 0 radical (unpaired) electrons. The van der Waals surface area contributed by atoms with Crippen LogP contribution in [0.2, 0.25) is 0 Å². The normalized spacial score (nSPS) is 44.8. The molecular formula is C43H67NO6. The topological polar surface area (TPSA) is 113 Å². The van der Waals surface area contributed by atoms with Crippen molar-refractivity contribution < 1.29 is 29.3 Å². The van der Waals surface area contributed by atoms with Gasteiger partial charge in [0, 0.05) is 29.8 Å². The molecule has 7 aliphatic carbocycles. The molecule has 0 bridgehead atoms. The van der Waals surface area contributed by atoms with Gasteiger partial charge >= 0.3 is 11.9 Å². The van der Waals surface area contributed by atoms with Gasteiger partial charge in [-0.1, -0.05) is 66.4 Å². The second kappa shape index (κ2) is 11.9. The van der Waals surface area contributed by atoms with Crippen molar-refractivity contribution >= 4 is 17.7 Å². The molecule has 6 saturated carbocycles. The van der Waals surface area contributed by atoms with E-state index in [0.717, 1.165) is 63.4 Å². The molecule has 3 N–H and O–H groups in total. The van der Waals surface area contributed by atoms with Crippen molar-refractivity contribution in [3.8, 4) is 0 Å². The molecule has 50 heavy (non-hydrogen) atoms. The van der Waals surface area contributed by atoms with Crippen LogP contribution in [0, 0.1) is 55.7 Å². The molecule has 0 saturated heterocycles. The van der Waals surface area contributed by atoms with Crippen LogP contribution >= 0.6 is 0 Å². The summed E-state index contributed by atoms with van der Waals surface area (Å²) in [5, 5.41) is 25.5. The van der Waals surface area contributed by atoms with E-state index >= 15 is 0 Å². The number of aliphatic hydroxyl groups is 1. The van der Waals surface area contributed by atoms with Crippen LogP contribution in [0.4, 0.5) is 0 Å². The highest BCUT2D eigenvalue weighted by molar-refractivity contribution is 6.00. The molecule has 0 aromatic rings. The molecule has 0 heterocycles. The predicted molar refractivity (Wildman–Crippen MR) is 194 cm³/mol. The Kier molecular flexibility index (Phi) is 8.71. The molecule has 280 valence electrons. The van der Waals surface area contributed by atoms with Crippen molar-refractivity contribution in [2.75, 3.05) is 6.54 Å². The first-order chi connectivity index (χ1) is 23.3. The highest BCUT2D eigenvalue weighted by Crippen LogP contribution is 2.87. The zero-order valence-electron chi connectivity index (χ0n) is 32.5. The third-order valence-electron chi connectivity index (χ3n) is 17.7. The summed E-state index contributed by atoms with van der Waals surface area (Å²) < 4.78 is 6.20. The summed E-state index contributed by atoms with van der Waals surface area (Å²) in [6, 6.07) is 0.478. The summed E-state index contributed by atoms with van der Waals surface area (Å²) >= 11 is 0. The van der Waals surface area contributed by atoms with Gasteiger partial charge in [0.05, 0.1) is 17.9 Å². The number of rotatable bonds is 9. The second-order valence-electron chi connectivity index (χ2n) is 20.5. The summed E-state index contributed by atoms with van der Waals surface area (Å²) in [4.78, 5) is 38.9. The molecule has 7 rings (SSSR count). The Labute approximate surface area is 301 Å². The Morgan fingerprint density at radius 1 is 0.880 bits per heavy atom. The molecule has 0 aliphatic heterocycles. The third-order valence-corrected chi connectivity index (χ3v) is 17.7. The van der Waals surface area contributed by atoms with Gasteiger partial charge in [0.15, 0.2) is 5.78 Å². The fourth-order valence-electron chi connectivity index (χ4n) is 14.5. The van der Waals surface area contributed by atoms with Crippen LogP contribution in [0.25, 0.3) is 0 Å². The van der Waals surface area contributed by atoms with Crippen molar-refractivity contribution in [3.63, 3.8) is 0 Å². The van der Waals surface area contributed by atoms with Crippen molar-refractivity contribution in [1.29, 1.82) is 0 Å². The minimum Gasteiger partial charge on any atom is -0.481 e. The number of carboxylic acid groups (broad SMARTS) is 1. The fourth-order valence-corrected chi connectivity index (χ4v) is 14.5. The molecule has 1 unspecified atom stereocenters. The van der Waals surface area contributed by atoms with E-state index in [4.69, 9.17) is 4.74 Å². The highest BCUT2D eigenvalue weighted by Gasteiger charge is 2.82. The lowest BCUT2D eigenvalue weighted by molar-refractivity contribution is -0.220. The van der Waals surface area contributed by atoms with Gasteiger partial charge in [0.25, 0.3) is 0 Å². The number of allylic oxidation sites excluding steroid dienone is 1. The summed E-state index contributed by atoms with van der Waals surface area (Å²) in [6.45, 7) is 18.2. The maximum atomic E-state index is 14.0. The number of ketones is 1. The lowest BCUT2D eigenvalue weighted by Crippen LogP contribution is -2.65. The van der Waals surface area contributed by atoms with Crippen LogP contribution in [-0.2, 0) is 19.1 Å². The van der Waals surface area contributed by atoms with E-state index in [-0.39, 0.29) is 57.3 Å². The minimum absolute atomic E-state index is 0.0394. The zero-order chi connectivity index (χ0) is 36.3. The van der Waals surface area contributed by atoms with Gasteiger partial charge in [0.1, 0.15) is 6.10 Å². The van der Waals surface area contributed by atoms with Crippen LogP contribution in [0.15, 0.2) is 11.1 Å². The van der Waals surface area contributed by atoms with Crippen molar-refractivity contribution in [2.24, 2.45) is 55.7 Å². The zero-order valence-corrected chi connectivity index (χ0v) is 32.5. The quantitative estimate of drug-likeness (QED) is 0.208. The van der Waals surface area contributed by atoms with Gasteiger partial charge in [-0.2, -0.15) is 0 Å². The Morgan fingerprint density at radius 3 is 2.22 bits per heavy atom. The number of carbonyl (C=O) groups excluding carboxylic acids is 2. The number of ether oxygens (including phenoxy) is 1. The number of carbonyl (C=O) groups is 3. The van der Waals surface area contributed by atoms with E-state index in [9.17, 15) is 24.6 Å². The number of aliphatic hydroxyl groups excluding tert-OH is 1. The molecule has 7 aliphatic rings. The van der Waals surface area contributed by atoms with Crippen molar-refractivity contribution in [1.82, 2.24) is 5.32 Å². The molecular weight excluding hydrogens is 626 g/mol. The number of Topliss-reactive ketones (excluding diaryl/α,β-unsaturated/α-hetero) is 1. The number of aliphatic carboxylic acids is 1. The van der Waals surface area contributed by atoms with Gasteiger partial charge in [-0.25, -0.2) is 0 Å². The SMILES string of the molecule is CC(C)C1=C2[C@H]3CC[C@@H]4[C@@]5(C)CC[C@H](OC(=O)CC(C)(C)C(=O)O)C6(C)C[C@]65CC[C@@]4(C)[C@]3(C)CC[C@@]2([C@H](O)CNC2CCCCC2)CC1=O. The first-order valence-electron chi connectivity index (χ1n) is 20.4. The van der Waals surface area contributed by atoms with Gasteiger partial charge in [-0.05, 0) is 129 Å². The van der Waals surface area contributed by atoms with Crippen LogP contribution in [-0.4, -0.2) is 52.7 Å². The minimum atomic E-state index is -1.14. The van der Waals surface area contributed by atoms with Gasteiger partial charge < -0.3 is 20.3 Å². The molecule has 7 nitrogen and oxygen atoms in total. The Balaban J connectivity index is 1.16. The highest BCUT2D eigenvalue weighted by atomic mass is 16.5. The average molecular weight is 694 g/mol. The molecule has 0 amide bonds. The summed E-state index contributed by atoms with van der Waals surface area (Å²) in [5.74, 6) is -0.0662. The van der Waals surface area contributed by atoms with Gasteiger partial charge in [-0.15, -0.1) is 0 Å². The lowest BCUT2D eigenvalue weighted by atomic mass is 9.33. The molecule has 6 fully saturated rings. The number of nitrogens with one attached hydrogen (secondary N) is 1. The van der Waals surface area contributed by atoms with E-state index in [2.05, 4.69) is 46.9 Å². The van der Waals surface area contributed by atoms with Crippen LogP contribution in [0.1, 0.15) is 158 Å². The summed E-state index contributed by atoms with van der Waals surface area (Å²) in [5.41, 5.74) is 1.13. The monoisotopic (exact) mass is 693 g/mol. The number of hydrogen-bond acceptors (Lipinski definition) is 6. The number of carboxylic acids is 1. The number of fused-ring (bicyclic) bond motifs is 6. The Bertz CT molecular complexity index is 1460. The lowest BCUT2D eigenvalue weighted by Gasteiger charge is -2.71. The van der Waals surface area contributed by atoms with Gasteiger partial charge in [-0.3, -0.25) is 14.4 Å². The maximum Gasteiger partial charge on any atom is 0.309 e. The van der Waals surface area contributed by atoms with Crippen molar-refractivity contribution in [2.45, 2.75) is 176 Å². The van der Waals surface area contributed by atoms with E-state index < -0.39 is 22.9 Å². The van der Waals surface area contributed by atoms with E-state index in [1.165, 1.54) is 37.7 Å². The standard InChI is InChI=1S/C43H67NO6/c1-26(2)34-29(45)22-42(31(46)24-44-27-12-10-9-11-13-27)20-18-38(5)28(35(34)42)14-15-30-39(38,6)19-21-43-25-41(43,8)32(16-17-40(30,43)7)50-33(47)23-37(3,4)36(48)49/h26-28,30-32,44,46H,9-25H2,1-8H3,(H,48,49)/t28-,30+,31-,32+,38-,39-,40-,41?,42+,43+/m1/s1. The third kappa shape index (κ3) is 4.89. The molecule has 0 aromatic carbocycles. The molecule has 7 heteroatoms. The maximum absolute atomic E-state index is 14.0. The van der Waals surface area contributed by atoms with E-state index in [1.807, 2.05) is 0 Å². The van der Waals surface area contributed by atoms with E-state index in [1.54, 1.807) is 13.8 Å². The average Bonchev–Trinajstić information content (AvgIpc) is 3.57. The molecule has 0 aromatic heterocycles. The summed E-state index contributed by atoms with van der Waals surface area (Å²) in [6.07, 6.45) is 15.2. The molecule has 1 spiro atoms. The Hall–Kier alpha value is -1.73.